The molecule has 2 heterocycles. The van der Waals surface area contributed by atoms with Gasteiger partial charge < -0.3 is 20.3 Å². The largest absolute Gasteiger partial charge is 0.508 e. The second-order valence-corrected chi connectivity index (χ2v) is 6.40. The Morgan fingerprint density at radius 1 is 1.17 bits per heavy atom. The summed E-state index contributed by atoms with van der Waals surface area (Å²) in [5.74, 6) is -2.58. The Morgan fingerprint density at radius 2 is 1.93 bits per heavy atom. The maximum Gasteiger partial charge on any atom is 0.340 e. The summed E-state index contributed by atoms with van der Waals surface area (Å²) >= 11 is 0. The Kier molecular flexibility index (Phi) is 4.34. The minimum absolute atomic E-state index is 0.0616. The number of hydrogen-bond acceptors (Lipinski definition) is 7. The maximum absolute atomic E-state index is 12.7. The predicted octanol–water partition coefficient (Wildman–Crippen LogP) is 1.18. The summed E-state index contributed by atoms with van der Waals surface area (Å²) in [6, 6.07) is 10.3. The number of phenolic OH excluding ortho intramolecular Hbond substituents is 1. The molecule has 29 heavy (non-hydrogen) atoms. The third-order valence-electron chi connectivity index (χ3n) is 4.73. The number of H-pyrrole nitrogens is 2. The van der Waals surface area contributed by atoms with Crippen LogP contribution in [0.3, 0.4) is 0 Å². The molecule has 1 aliphatic rings. The van der Waals surface area contributed by atoms with Crippen molar-refractivity contribution >= 4 is 16.7 Å². The number of ether oxygens (including phenoxy) is 2. The number of aromatic amines is 2. The molecular weight excluding hydrogens is 378 g/mol. The lowest BCUT2D eigenvalue weighted by Gasteiger charge is -2.28. The van der Waals surface area contributed by atoms with E-state index in [2.05, 4.69) is 9.97 Å². The standard InChI is InChI=1S/C20H17N3O6/c1-2-28-19(26)14-13(12-10-6-4-3-5-9(10)7-8-11(12)24)15-17(25)22-20(27)23-18(15)29-16(14)21/h3-8,13,24H,2,21H2,1H3,(H2,22,23,25,27). The van der Waals surface area contributed by atoms with E-state index in [1.165, 1.54) is 6.07 Å². The molecule has 0 amide bonds. The van der Waals surface area contributed by atoms with Crippen molar-refractivity contribution in [2.75, 3.05) is 6.61 Å². The summed E-state index contributed by atoms with van der Waals surface area (Å²) in [6.07, 6.45) is 0. The predicted molar refractivity (Wildman–Crippen MR) is 104 cm³/mol. The molecule has 0 aliphatic carbocycles. The first-order chi connectivity index (χ1) is 13.9. The Bertz CT molecular complexity index is 1290. The van der Waals surface area contributed by atoms with Gasteiger partial charge >= 0.3 is 11.7 Å². The molecule has 5 N–H and O–H groups in total. The van der Waals surface area contributed by atoms with Crippen LogP contribution >= 0.6 is 0 Å². The van der Waals surface area contributed by atoms with Crippen LogP contribution in [0, 0.1) is 0 Å². The smallest absolute Gasteiger partial charge is 0.340 e. The summed E-state index contributed by atoms with van der Waals surface area (Å²) < 4.78 is 10.5. The van der Waals surface area contributed by atoms with Crippen molar-refractivity contribution < 1.29 is 19.4 Å². The first kappa shape index (κ1) is 18.4. The zero-order valence-corrected chi connectivity index (χ0v) is 15.3. The van der Waals surface area contributed by atoms with Crippen molar-refractivity contribution in [1.82, 2.24) is 9.97 Å². The molecule has 9 heteroatoms. The number of hydrogen-bond donors (Lipinski definition) is 4. The zero-order chi connectivity index (χ0) is 20.7. The number of nitrogens with one attached hydrogen (secondary N) is 2. The number of esters is 1. The lowest BCUT2D eigenvalue weighted by atomic mass is 9.81. The van der Waals surface area contributed by atoms with Crippen LogP contribution in [0.5, 0.6) is 11.6 Å². The summed E-state index contributed by atoms with van der Waals surface area (Å²) in [5.41, 5.74) is 4.51. The van der Waals surface area contributed by atoms with E-state index in [0.29, 0.717) is 5.39 Å². The van der Waals surface area contributed by atoms with Gasteiger partial charge in [0.1, 0.15) is 11.3 Å². The number of aromatic nitrogens is 2. The highest BCUT2D eigenvalue weighted by molar-refractivity contribution is 5.96. The van der Waals surface area contributed by atoms with E-state index in [0.717, 1.165) is 5.39 Å². The van der Waals surface area contributed by atoms with Crippen molar-refractivity contribution in [3.63, 3.8) is 0 Å². The Balaban J connectivity index is 2.12. The van der Waals surface area contributed by atoms with Gasteiger partial charge in [-0.25, -0.2) is 9.59 Å². The molecule has 0 radical (unpaired) electrons. The molecule has 0 saturated heterocycles. The summed E-state index contributed by atoms with van der Waals surface area (Å²) in [4.78, 5) is 41.6. The summed E-state index contributed by atoms with van der Waals surface area (Å²) in [7, 11) is 0. The van der Waals surface area contributed by atoms with Gasteiger partial charge in [0.05, 0.1) is 18.1 Å². The molecule has 1 aliphatic heterocycles. The van der Waals surface area contributed by atoms with Crippen molar-refractivity contribution in [2.45, 2.75) is 12.8 Å². The molecule has 4 rings (SSSR count). The van der Waals surface area contributed by atoms with E-state index in [4.69, 9.17) is 15.2 Å². The molecule has 2 aromatic carbocycles. The lowest BCUT2D eigenvalue weighted by Crippen LogP contribution is -2.35. The van der Waals surface area contributed by atoms with E-state index in [9.17, 15) is 19.5 Å². The lowest BCUT2D eigenvalue weighted by molar-refractivity contribution is -0.139. The van der Waals surface area contributed by atoms with Crippen molar-refractivity contribution in [3.05, 3.63) is 79.8 Å². The molecule has 1 atom stereocenters. The van der Waals surface area contributed by atoms with Crippen LogP contribution in [0.25, 0.3) is 10.8 Å². The molecule has 9 nitrogen and oxygen atoms in total. The first-order valence-corrected chi connectivity index (χ1v) is 8.84. The second kappa shape index (κ2) is 6.86. The average Bonchev–Trinajstić information content (AvgIpc) is 2.66. The highest BCUT2D eigenvalue weighted by Gasteiger charge is 2.40. The molecule has 3 aromatic rings. The number of rotatable bonds is 3. The van der Waals surface area contributed by atoms with E-state index < -0.39 is 23.1 Å². The van der Waals surface area contributed by atoms with Crippen LogP contribution in [0.15, 0.2) is 57.4 Å². The van der Waals surface area contributed by atoms with Gasteiger partial charge in [-0.05, 0) is 23.8 Å². The van der Waals surface area contributed by atoms with Crippen LogP contribution in [0.2, 0.25) is 0 Å². The van der Waals surface area contributed by atoms with Crippen molar-refractivity contribution in [1.29, 1.82) is 0 Å². The van der Waals surface area contributed by atoms with E-state index >= 15 is 0 Å². The number of phenols is 1. The molecule has 1 unspecified atom stereocenters. The Hall–Kier alpha value is -4.01. The minimum atomic E-state index is -1.12. The van der Waals surface area contributed by atoms with Gasteiger partial charge in [0.25, 0.3) is 5.56 Å². The van der Waals surface area contributed by atoms with Gasteiger partial charge in [-0.15, -0.1) is 0 Å². The van der Waals surface area contributed by atoms with Gasteiger partial charge in [0.2, 0.25) is 11.8 Å². The summed E-state index contributed by atoms with van der Waals surface area (Å²) in [6.45, 7) is 1.69. The quantitative estimate of drug-likeness (QED) is 0.487. The molecule has 0 bridgehead atoms. The maximum atomic E-state index is 12.7. The normalized spacial score (nSPS) is 15.7. The van der Waals surface area contributed by atoms with Crippen LogP contribution < -0.4 is 21.7 Å². The van der Waals surface area contributed by atoms with Gasteiger partial charge in [-0.1, -0.05) is 30.3 Å². The number of nitrogens with two attached hydrogens (primary N) is 1. The molecule has 148 valence electrons. The summed E-state index contributed by atoms with van der Waals surface area (Å²) in [5, 5.41) is 12.1. The molecule has 1 aromatic heterocycles. The molecule has 0 spiro atoms. The van der Waals surface area contributed by atoms with Gasteiger partial charge in [-0.3, -0.25) is 14.8 Å². The SMILES string of the molecule is CCOC(=O)C1=C(N)Oc2[nH]c(=O)[nH]c(=O)c2C1c1c(O)ccc2ccccc12. The van der Waals surface area contributed by atoms with Crippen LogP contribution in [-0.4, -0.2) is 27.7 Å². The fraction of sp³-hybridized carbons (Fsp3) is 0.150. The van der Waals surface area contributed by atoms with Crippen LogP contribution in [0.1, 0.15) is 24.0 Å². The number of aromatic hydroxyl groups is 1. The van der Waals surface area contributed by atoms with Crippen LogP contribution in [-0.2, 0) is 9.53 Å². The molecule has 0 saturated carbocycles. The van der Waals surface area contributed by atoms with Gasteiger partial charge in [0, 0.05) is 5.56 Å². The topological polar surface area (TPSA) is 147 Å². The monoisotopic (exact) mass is 395 g/mol. The molecular formula is C20H17N3O6. The van der Waals surface area contributed by atoms with Gasteiger partial charge in [0.15, 0.2) is 0 Å². The number of carbonyl (C=O) groups excluding carboxylic acids is 1. The Labute approximate surface area is 163 Å². The average molecular weight is 395 g/mol. The zero-order valence-electron chi connectivity index (χ0n) is 15.3. The van der Waals surface area contributed by atoms with Crippen molar-refractivity contribution in [3.8, 4) is 11.6 Å². The van der Waals surface area contributed by atoms with E-state index in [-0.39, 0.29) is 40.8 Å². The number of carbonyl (C=O) groups is 1. The first-order valence-electron chi connectivity index (χ1n) is 8.84. The highest BCUT2D eigenvalue weighted by atomic mass is 16.5. The minimum Gasteiger partial charge on any atom is -0.508 e. The van der Waals surface area contributed by atoms with Gasteiger partial charge in [-0.2, -0.15) is 0 Å². The van der Waals surface area contributed by atoms with E-state index in [1.54, 1.807) is 25.1 Å². The Morgan fingerprint density at radius 3 is 2.69 bits per heavy atom. The fourth-order valence-corrected chi connectivity index (χ4v) is 3.57. The molecule has 0 fully saturated rings. The number of benzene rings is 2. The number of fused-ring (bicyclic) bond motifs is 2. The van der Waals surface area contributed by atoms with Crippen molar-refractivity contribution in [2.24, 2.45) is 5.73 Å². The third kappa shape index (κ3) is 2.92. The van der Waals surface area contributed by atoms with Crippen LogP contribution in [0.4, 0.5) is 0 Å². The second-order valence-electron chi connectivity index (χ2n) is 6.40. The fourth-order valence-electron chi connectivity index (χ4n) is 3.57. The third-order valence-corrected chi connectivity index (χ3v) is 4.73. The van der Waals surface area contributed by atoms with E-state index in [1.807, 2.05) is 12.1 Å². The highest BCUT2D eigenvalue weighted by Crippen LogP contribution is 2.45.